The molecule has 0 fully saturated rings. The van der Waals surface area contributed by atoms with Gasteiger partial charge >= 0.3 is 0 Å². The molecular formula is C4H3IN2O2. The minimum atomic E-state index is -0.429. The molecule has 1 aromatic rings. The first-order valence-electron chi connectivity index (χ1n) is 2.11. The van der Waals surface area contributed by atoms with Crippen molar-refractivity contribution in [2.45, 2.75) is 0 Å². The lowest BCUT2D eigenvalue weighted by Gasteiger charge is -1.93. The fourth-order valence-electron chi connectivity index (χ4n) is 0.350. The molecule has 9 heavy (non-hydrogen) atoms. The molecule has 0 aromatic carbocycles. The number of rotatable bonds is 0. The molecule has 0 radical (unpaired) electrons. The summed E-state index contributed by atoms with van der Waals surface area (Å²) in [6.45, 7) is 0. The molecular weight excluding hydrogens is 235 g/mol. The molecule has 1 heterocycles. The number of hydrogen-bond donors (Lipinski definition) is 2. The van der Waals surface area contributed by atoms with Crippen LogP contribution < -0.4 is 0 Å². The second-order valence-electron chi connectivity index (χ2n) is 1.36. The van der Waals surface area contributed by atoms with E-state index < -0.39 is 5.88 Å². The van der Waals surface area contributed by atoms with Gasteiger partial charge in [-0.25, -0.2) is 0 Å². The van der Waals surface area contributed by atoms with Crippen LogP contribution in [-0.2, 0) is 0 Å². The van der Waals surface area contributed by atoms with Gasteiger partial charge in [0.05, 0.1) is 9.77 Å². The minimum absolute atomic E-state index is 0.217. The maximum Gasteiger partial charge on any atom is 0.274 e. The van der Waals surface area contributed by atoms with Crippen molar-refractivity contribution in [1.29, 1.82) is 0 Å². The summed E-state index contributed by atoms with van der Waals surface area (Å²) in [5.41, 5.74) is 0. The topological polar surface area (TPSA) is 66.2 Å². The molecule has 1 rings (SSSR count). The van der Waals surface area contributed by atoms with Crippen LogP contribution in [0.1, 0.15) is 0 Å². The Balaban J connectivity index is 3.25. The maximum atomic E-state index is 8.85. The molecule has 0 unspecified atom stereocenters. The van der Waals surface area contributed by atoms with Crippen LogP contribution in [-0.4, -0.2) is 20.4 Å². The van der Waals surface area contributed by atoms with E-state index in [1.807, 2.05) is 22.6 Å². The lowest BCUT2D eigenvalue weighted by Crippen LogP contribution is -1.82. The van der Waals surface area contributed by atoms with Crippen LogP contribution in [0.3, 0.4) is 0 Å². The summed E-state index contributed by atoms with van der Waals surface area (Å²) >= 11 is 1.84. The summed E-state index contributed by atoms with van der Waals surface area (Å²) in [6, 6.07) is 0. The highest BCUT2D eigenvalue weighted by molar-refractivity contribution is 14.1. The van der Waals surface area contributed by atoms with E-state index in [2.05, 4.69) is 10.2 Å². The zero-order valence-electron chi connectivity index (χ0n) is 4.24. The van der Waals surface area contributed by atoms with Gasteiger partial charge in [-0.3, -0.25) is 0 Å². The summed E-state index contributed by atoms with van der Waals surface area (Å²) in [7, 11) is 0. The van der Waals surface area contributed by atoms with Crippen molar-refractivity contribution in [1.82, 2.24) is 10.2 Å². The quantitative estimate of drug-likeness (QED) is 0.645. The molecule has 0 saturated carbocycles. The molecule has 48 valence electrons. The second-order valence-corrected chi connectivity index (χ2v) is 2.53. The van der Waals surface area contributed by atoms with E-state index in [1.54, 1.807) is 0 Å². The Morgan fingerprint density at radius 1 is 1.44 bits per heavy atom. The molecule has 0 aliphatic rings. The monoisotopic (exact) mass is 238 g/mol. The Morgan fingerprint density at radius 2 is 2.11 bits per heavy atom. The van der Waals surface area contributed by atoms with Crippen LogP contribution in [0.4, 0.5) is 0 Å². The molecule has 0 bridgehead atoms. The molecule has 5 heteroatoms. The molecule has 4 nitrogen and oxygen atoms in total. The van der Waals surface area contributed by atoms with E-state index in [9.17, 15) is 0 Å². The first-order chi connectivity index (χ1) is 4.22. The average Bonchev–Trinajstić information content (AvgIpc) is 1.83. The van der Waals surface area contributed by atoms with Crippen LogP contribution >= 0.6 is 22.6 Å². The minimum Gasteiger partial charge on any atom is -0.502 e. The molecule has 0 aliphatic carbocycles. The van der Waals surface area contributed by atoms with E-state index in [4.69, 9.17) is 10.2 Å². The van der Waals surface area contributed by atoms with Gasteiger partial charge in [-0.05, 0) is 22.6 Å². The Hall–Kier alpha value is -0.590. The molecule has 2 N–H and O–H groups in total. The SMILES string of the molecule is Oc1nncc(I)c1O. The lowest BCUT2D eigenvalue weighted by molar-refractivity contribution is 0.380. The maximum absolute atomic E-state index is 8.85. The number of aromatic nitrogens is 2. The van der Waals surface area contributed by atoms with E-state index >= 15 is 0 Å². The third-order valence-electron chi connectivity index (χ3n) is 0.762. The molecule has 0 saturated heterocycles. The van der Waals surface area contributed by atoms with Crippen molar-refractivity contribution in [2.75, 3.05) is 0 Å². The van der Waals surface area contributed by atoms with E-state index in [0.717, 1.165) is 0 Å². The smallest absolute Gasteiger partial charge is 0.274 e. The van der Waals surface area contributed by atoms with Crippen molar-refractivity contribution in [3.8, 4) is 11.6 Å². The van der Waals surface area contributed by atoms with E-state index in [1.165, 1.54) is 6.20 Å². The number of aromatic hydroxyl groups is 2. The normalized spacial score (nSPS) is 9.44. The van der Waals surface area contributed by atoms with E-state index in [-0.39, 0.29) is 5.75 Å². The van der Waals surface area contributed by atoms with Crippen LogP contribution in [0.2, 0.25) is 0 Å². The molecule has 1 aromatic heterocycles. The highest BCUT2D eigenvalue weighted by Gasteiger charge is 2.03. The van der Waals surface area contributed by atoms with E-state index in [0.29, 0.717) is 3.57 Å². The summed E-state index contributed by atoms with van der Waals surface area (Å²) in [5, 5.41) is 24.1. The average molecular weight is 238 g/mol. The highest BCUT2D eigenvalue weighted by Crippen LogP contribution is 2.25. The Bertz CT molecular complexity index is 208. The third-order valence-corrected chi connectivity index (χ3v) is 1.55. The van der Waals surface area contributed by atoms with Crippen molar-refractivity contribution in [2.24, 2.45) is 0 Å². The van der Waals surface area contributed by atoms with Crippen molar-refractivity contribution in [3.63, 3.8) is 0 Å². The Labute approximate surface area is 64.7 Å². The molecule has 0 atom stereocenters. The predicted octanol–water partition coefficient (Wildman–Crippen LogP) is 0.492. The number of nitrogens with zero attached hydrogens (tertiary/aromatic N) is 2. The summed E-state index contributed by atoms with van der Waals surface area (Å²) in [6.07, 6.45) is 1.36. The summed E-state index contributed by atoms with van der Waals surface area (Å²) < 4.78 is 0.486. The largest absolute Gasteiger partial charge is 0.502 e. The lowest BCUT2D eigenvalue weighted by atomic mass is 10.5. The third kappa shape index (κ3) is 1.21. The number of hydrogen-bond acceptors (Lipinski definition) is 4. The summed E-state index contributed by atoms with van der Waals surface area (Å²) in [4.78, 5) is 0. The van der Waals surface area contributed by atoms with Crippen LogP contribution in [0, 0.1) is 3.57 Å². The van der Waals surface area contributed by atoms with Gasteiger partial charge < -0.3 is 10.2 Å². The van der Waals surface area contributed by atoms with Gasteiger partial charge in [-0.15, -0.1) is 5.10 Å². The fourth-order valence-corrected chi connectivity index (χ4v) is 0.715. The predicted molar refractivity (Wildman–Crippen MR) is 38.1 cm³/mol. The van der Waals surface area contributed by atoms with Gasteiger partial charge in [0, 0.05) is 0 Å². The first kappa shape index (κ1) is 6.53. The van der Waals surface area contributed by atoms with Crippen molar-refractivity contribution < 1.29 is 10.2 Å². The molecule has 0 spiro atoms. The van der Waals surface area contributed by atoms with Gasteiger partial charge in [0.15, 0.2) is 5.75 Å². The second kappa shape index (κ2) is 2.34. The van der Waals surface area contributed by atoms with Gasteiger partial charge in [0.1, 0.15) is 0 Å². The Kier molecular flexibility index (Phi) is 1.70. The van der Waals surface area contributed by atoms with Crippen molar-refractivity contribution >= 4 is 22.6 Å². The van der Waals surface area contributed by atoms with Crippen LogP contribution in [0.25, 0.3) is 0 Å². The zero-order valence-corrected chi connectivity index (χ0v) is 6.40. The van der Waals surface area contributed by atoms with Gasteiger partial charge in [-0.1, -0.05) is 0 Å². The Morgan fingerprint density at radius 3 is 2.56 bits per heavy atom. The first-order valence-corrected chi connectivity index (χ1v) is 3.19. The molecule has 0 aliphatic heterocycles. The fraction of sp³-hybridized carbons (Fsp3) is 0. The van der Waals surface area contributed by atoms with Gasteiger partial charge in [0.2, 0.25) is 0 Å². The van der Waals surface area contributed by atoms with Crippen molar-refractivity contribution in [3.05, 3.63) is 9.77 Å². The molecule has 0 amide bonds. The zero-order chi connectivity index (χ0) is 6.85. The highest BCUT2D eigenvalue weighted by atomic mass is 127. The van der Waals surface area contributed by atoms with Crippen LogP contribution in [0.15, 0.2) is 6.20 Å². The summed E-state index contributed by atoms with van der Waals surface area (Å²) in [5.74, 6) is -0.646. The van der Waals surface area contributed by atoms with Gasteiger partial charge in [0.25, 0.3) is 5.88 Å². The van der Waals surface area contributed by atoms with Crippen LogP contribution in [0.5, 0.6) is 11.6 Å². The number of halogens is 1. The standard InChI is InChI=1S/C4H3IN2O2/c5-2-1-6-7-4(9)3(2)8/h1H,(H,6,8)(H,7,9). The van der Waals surface area contributed by atoms with Gasteiger partial charge in [-0.2, -0.15) is 5.10 Å².